The van der Waals surface area contributed by atoms with Crippen LogP contribution in [0.4, 0.5) is 8.78 Å². The van der Waals surface area contributed by atoms with Gasteiger partial charge in [0.25, 0.3) is 5.91 Å². The number of thioether (sulfide) groups is 1. The summed E-state index contributed by atoms with van der Waals surface area (Å²) >= 11 is 1.01. The van der Waals surface area contributed by atoms with E-state index in [0.29, 0.717) is 17.9 Å². The van der Waals surface area contributed by atoms with E-state index in [1.807, 2.05) is 0 Å². The van der Waals surface area contributed by atoms with Gasteiger partial charge in [-0.2, -0.15) is 0 Å². The Balaban J connectivity index is 1.69. The van der Waals surface area contributed by atoms with Gasteiger partial charge in [-0.05, 0) is 43.2 Å². The number of rotatable bonds is 8. The summed E-state index contributed by atoms with van der Waals surface area (Å²) in [7, 11) is 0. The number of benzene rings is 2. The molecule has 2 rings (SSSR count). The molecule has 2 aromatic carbocycles. The SMILES string of the molecule is C[C@H](OC(=O)CSc1ccccc1F)C(=O)NCCc1ccc(F)cc1. The van der Waals surface area contributed by atoms with Crippen molar-refractivity contribution in [3.8, 4) is 0 Å². The molecule has 0 bridgehead atoms. The van der Waals surface area contributed by atoms with E-state index in [9.17, 15) is 18.4 Å². The van der Waals surface area contributed by atoms with Gasteiger partial charge in [-0.25, -0.2) is 8.78 Å². The van der Waals surface area contributed by atoms with Gasteiger partial charge >= 0.3 is 5.97 Å². The van der Waals surface area contributed by atoms with Crippen LogP contribution in [-0.2, 0) is 20.7 Å². The predicted octanol–water partition coefficient (Wildman–Crippen LogP) is 3.35. The molecule has 1 N–H and O–H groups in total. The summed E-state index contributed by atoms with van der Waals surface area (Å²) in [5.41, 5.74) is 0.887. The van der Waals surface area contributed by atoms with Crippen molar-refractivity contribution in [2.45, 2.75) is 24.3 Å². The van der Waals surface area contributed by atoms with Crippen molar-refractivity contribution in [3.05, 3.63) is 65.7 Å². The molecule has 0 aliphatic carbocycles. The zero-order chi connectivity index (χ0) is 18.9. The molecule has 7 heteroatoms. The maximum absolute atomic E-state index is 13.5. The van der Waals surface area contributed by atoms with Gasteiger partial charge < -0.3 is 10.1 Å². The van der Waals surface area contributed by atoms with Crippen molar-refractivity contribution in [1.82, 2.24) is 5.32 Å². The third kappa shape index (κ3) is 6.48. The third-order valence-electron chi connectivity index (χ3n) is 3.49. The first-order valence-electron chi connectivity index (χ1n) is 8.04. The first kappa shape index (κ1) is 19.9. The van der Waals surface area contributed by atoms with Crippen LogP contribution in [0.2, 0.25) is 0 Å². The number of carbonyl (C=O) groups is 2. The predicted molar refractivity (Wildman–Crippen MR) is 95.8 cm³/mol. The second kappa shape index (κ2) is 9.91. The highest BCUT2D eigenvalue weighted by molar-refractivity contribution is 8.00. The molecule has 1 atom stereocenters. The summed E-state index contributed by atoms with van der Waals surface area (Å²) in [4.78, 5) is 24.1. The summed E-state index contributed by atoms with van der Waals surface area (Å²) in [5, 5.41) is 2.66. The van der Waals surface area contributed by atoms with Crippen LogP contribution in [-0.4, -0.2) is 30.3 Å². The zero-order valence-corrected chi connectivity index (χ0v) is 15.0. The molecule has 2 aromatic rings. The Morgan fingerprint density at radius 2 is 1.81 bits per heavy atom. The maximum atomic E-state index is 13.5. The molecule has 0 fully saturated rings. The quantitative estimate of drug-likeness (QED) is 0.565. The zero-order valence-electron chi connectivity index (χ0n) is 14.2. The molecule has 0 radical (unpaired) electrons. The van der Waals surface area contributed by atoms with E-state index >= 15 is 0 Å². The van der Waals surface area contributed by atoms with Crippen molar-refractivity contribution in [3.63, 3.8) is 0 Å². The topological polar surface area (TPSA) is 55.4 Å². The number of carbonyl (C=O) groups excluding carboxylic acids is 2. The van der Waals surface area contributed by atoms with E-state index in [-0.39, 0.29) is 11.6 Å². The molecule has 0 saturated heterocycles. The molecule has 4 nitrogen and oxygen atoms in total. The van der Waals surface area contributed by atoms with E-state index in [1.165, 1.54) is 25.1 Å². The van der Waals surface area contributed by atoms with Crippen LogP contribution in [0.15, 0.2) is 53.4 Å². The fourth-order valence-corrected chi connectivity index (χ4v) is 2.83. The maximum Gasteiger partial charge on any atom is 0.317 e. The number of amides is 1. The van der Waals surface area contributed by atoms with E-state index in [2.05, 4.69) is 5.32 Å². The molecule has 0 spiro atoms. The Kier molecular flexibility index (Phi) is 7.59. The highest BCUT2D eigenvalue weighted by Crippen LogP contribution is 2.21. The Morgan fingerprint density at radius 3 is 2.50 bits per heavy atom. The Morgan fingerprint density at radius 1 is 1.12 bits per heavy atom. The molecule has 1 amide bonds. The molecule has 0 aliphatic heterocycles. The van der Waals surface area contributed by atoms with Crippen molar-refractivity contribution in [1.29, 1.82) is 0 Å². The first-order valence-corrected chi connectivity index (χ1v) is 9.03. The number of ether oxygens (including phenoxy) is 1. The molecule has 0 unspecified atom stereocenters. The third-order valence-corrected chi connectivity index (χ3v) is 4.51. The lowest BCUT2D eigenvalue weighted by atomic mass is 10.1. The van der Waals surface area contributed by atoms with E-state index in [0.717, 1.165) is 17.3 Å². The number of hydrogen-bond donors (Lipinski definition) is 1. The van der Waals surface area contributed by atoms with Crippen LogP contribution < -0.4 is 5.32 Å². The minimum absolute atomic E-state index is 0.0892. The Labute approximate surface area is 154 Å². The van der Waals surface area contributed by atoms with Gasteiger partial charge in [0.2, 0.25) is 0 Å². The summed E-state index contributed by atoms with van der Waals surface area (Å²) in [6, 6.07) is 12.1. The first-order chi connectivity index (χ1) is 12.5. The fourth-order valence-electron chi connectivity index (χ4n) is 2.11. The minimum atomic E-state index is -0.947. The van der Waals surface area contributed by atoms with Crippen LogP contribution in [0.25, 0.3) is 0 Å². The van der Waals surface area contributed by atoms with Gasteiger partial charge in [0, 0.05) is 11.4 Å². The smallest absolute Gasteiger partial charge is 0.317 e. The van der Waals surface area contributed by atoms with E-state index in [4.69, 9.17) is 4.74 Å². The monoisotopic (exact) mass is 379 g/mol. The van der Waals surface area contributed by atoms with Crippen molar-refractivity contribution in [2.24, 2.45) is 0 Å². The van der Waals surface area contributed by atoms with Gasteiger partial charge in [0.05, 0.1) is 5.75 Å². The Bertz CT molecular complexity index is 753. The normalized spacial score (nSPS) is 11.7. The molecule has 0 saturated carbocycles. The van der Waals surface area contributed by atoms with Crippen LogP contribution in [0.3, 0.4) is 0 Å². The standard InChI is InChI=1S/C19H19F2NO3S/c1-13(19(24)22-11-10-14-6-8-15(20)9-7-14)25-18(23)12-26-17-5-3-2-4-16(17)21/h2-9,13H,10-12H2,1H3,(H,22,24)/t13-/m0/s1. The Hall–Kier alpha value is -2.41. The summed E-state index contributed by atoms with van der Waals surface area (Å²) in [6.45, 7) is 1.81. The molecule has 0 aromatic heterocycles. The summed E-state index contributed by atoms with van der Waals surface area (Å²) in [6.07, 6.45) is -0.410. The largest absolute Gasteiger partial charge is 0.452 e. The summed E-state index contributed by atoms with van der Waals surface area (Å²) in [5.74, 6) is -1.83. The molecule has 0 heterocycles. The van der Waals surface area contributed by atoms with E-state index < -0.39 is 23.8 Å². The van der Waals surface area contributed by atoms with Gasteiger partial charge in [-0.1, -0.05) is 24.3 Å². The summed E-state index contributed by atoms with van der Waals surface area (Å²) < 4.78 is 31.3. The second-order valence-electron chi connectivity index (χ2n) is 5.52. The van der Waals surface area contributed by atoms with Crippen molar-refractivity contribution in [2.75, 3.05) is 12.3 Å². The van der Waals surface area contributed by atoms with Crippen molar-refractivity contribution < 1.29 is 23.1 Å². The number of hydrogen-bond acceptors (Lipinski definition) is 4. The van der Waals surface area contributed by atoms with Crippen LogP contribution in [0, 0.1) is 11.6 Å². The van der Waals surface area contributed by atoms with Gasteiger partial charge in [0.15, 0.2) is 6.10 Å². The van der Waals surface area contributed by atoms with Gasteiger partial charge in [-0.3, -0.25) is 9.59 Å². The van der Waals surface area contributed by atoms with Crippen molar-refractivity contribution >= 4 is 23.6 Å². The highest BCUT2D eigenvalue weighted by atomic mass is 32.2. The molecular weight excluding hydrogens is 360 g/mol. The lowest BCUT2D eigenvalue weighted by molar-refractivity contribution is -0.152. The van der Waals surface area contributed by atoms with Gasteiger partial charge in [0.1, 0.15) is 11.6 Å². The number of halogens is 2. The lowest BCUT2D eigenvalue weighted by Gasteiger charge is -2.13. The lowest BCUT2D eigenvalue weighted by Crippen LogP contribution is -2.37. The molecular formula is C19H19F2NO3S. The number of nitrogens with one attached hydrogen (secondary N) is 1. The molecule has 0 aliphatic rings. The molecule has 138 valence electrons. The van der Waals surface area contributed by atoms with Crippen LogP contribution in [0.5, 0.6) is 0 Å². The van der Waals surface area contributed by atoms with Crippen LogP contribution >= 0.6 is 11.8 Å². The van der Waals surface area contributed by atoms with Crippen LogP contribution in [0.1, 0.15) is 12.5 Å². The van der Waals surface area contributed by atoms with Gasteiger partial charge in [-0.15, -0.1) is 11.8 Å². The number of esters is 1. The average Bonchev–Trinajstić information content (AvgIpc) is 2.62. The second-order valence-corrected chi connectivity index (χ2v) is 6.54. The highest BCUT2D eigenvalue weighted by Gasteiger charge is 2.17. The van der Waals surface area contributed by atoms with E-state index in [1.54, 1.807) is 30.3 Å². The fraction of sp³-hybridized carbons (Fsp3) is 0.263. The average molecular weight is 379 g/mol. The molecule has 26 heavy (non-hydrogen) atoms. The minimum Gasteiger partial charge on any atom is -0.452 e.